The van der Waals surface area contributed by atoms with Gasteiger partial charge in [-0.2, -0.15) is 0 Å². The summed E-state index contributed by atoms with van der Waals surface area (Å²) in [5, 5.41) is 2.88. The minimum Gasteiger partial charge on any atom is -0.371 e. The molecule has 0 radical (unpaired) electrons. The number of nitrogens with one attached hydrogen (secondary N) is 1. The van der Waals surface area contributed by atoms with Crippen molar-refractivity contribution in [2.45, 2.75) is 32.6 Å². The Labute approximate surface area is 127 Å². The molecular weight excluding hydrogens is 264 g/mol. The number of rotatable bonds is 6. The molecule has 21 heavy (non-hydrogen) atoms. The van der Waals surface area contributed by atoms with Crippen LogP contribution in [-0.4, -0.2) is 25.7 Å². The lowest BCUT2D eigenvalue weighted by atomic mass is 9.80. The standard InChI is InChI=1S/C17H26N2O2/c1-13-6-2-5-9-16(13)19-17(20)12-21-11-15-8-4-3-7-14(15)10-18/h2,5-6,9,14-15H,3-4,7-8,10-12,18H2,1H3,(H,19,20). The molecule has 1 amide bonds. The van der Waals surface area contributed by atoms with Gasteiger partial charge < -0.3 is 15.8 Å². The third kappa shape index (κ3) is 4.83. The lowest BCUT2D eigenvalue weighted by Crippen LogP contribution is -2.31. The topological polar surface area (TPSA) is 64.3 Å². The highest BCUT2D eigenvalue weighted by Gasteiger charge is 2.24. The Kier molecular flexibility index (Phi) is 6.21. The number of hydrogen-bond donors (Lipinski definition) is 2. The first-order valence-electron chi connectivity index (χ1n) is 7.84. The van der Waals surface area contributed by atoms with Crippen LogP contribution in [0.5, 0.6) is 0 Å². The van der Waals surface area contributed by atoms with Gasteiger partial charge in [0.05, 0.1) is 6.61 Å². The first-order valence-corrected chi connectivity index (χ1v) is 7.84. The molecule has 0 bridgehead atoms. The van der Waals surface area contributed by atoms with E-state index in [1.807, 2.05) is 31.2 Å². The molecule has 1 saturated carbocycles. The van der Waals surface area contributed by atoms with Crippen LogP contribution < -0.4 is 11.1 Å². The van der Waals surface area contributed by atoms with Crippen LogP contribution in [0.4, 0.5) is 5.69 Å². The zero-order valence-corrected chi connectivity index (χ0v) is 12.8. The maximum Gasteiger partial charge on any atom is 0.250 e. The highest BCUT2D eigenvalue weighted by Crippen LogP contribution is 2.29. The molecule has 0 aromatic heterocycles. The Balaban J connectivity index is 1.73. The van der Waals surface area contributed by atoms with Crippen LogP contribution in [0.15, 0.2) is 24.3 Å². The summed E-state index contributed by atoms with van der Waals surface area (Å²) in [6.07, 6.45) is 4.88. The summed E-state index contributed by atoms with van der Waals surface area (Å²) in [5.41, 5.74) is 7.72. The molecule has 1 aliphatic carbocycles. The molecule has 1 fully saturated rings. The minimum atomic E-state index is -0.0931. The van der Waals surface area contributed by atoms with Crippen LogP contribution in [0.1, 0.15) is 31.2 Å². The molecule has 1 aliphatic rings. The molecule has 2 unspecified atom stereocenters. The Morgan fingerprint density at radius 3 is 2.71 bits per heavy atom. The van der Waals surface area contributed by atoms with Gasteiger partial charge in [-0.3, -0.25) is 4.79 Å². The molecule has 0 aliphatic heterocycles. The Bertz CT molecular complexity index is 462. The predicted octanol–water partition coefficient (Wildman–Crippen LogP) is 2.72. The SMILES string of the molecule is Cc1ccccc1NC(=O)COCC1CCCCC1CN. The van der Waals surface area contributed by atoms with Crippen molar-refractivity contribution in [3.63, 3.8) is 0 Å². The molecule has 2 rings (SSSR count). The smallest absolute Gasteiger partial charge is 0.250 e. The molecule has 1 aromatic carbocycles. The van der Waals surface area contributed by atoms with Gasteiger partial charge in [-0.15, -0.1) is 0 Å². The Morgan fingerprint density at radius 2 is 2.00 bits per heavy atom. The van der Waals surface area contributed by atoms with Gasteiger partial charge in [-0.25, -0.2) is 0 Å². The fraction of sp³-hybridized carbons (Fsp3) is 0.588. The van der Waals surface area contributed by atoms with Gasteiger partial charge in [0.25, 0.3) is 0 Å². The van der Waals surface area contributed by atoms with E-state index in [0.29, 0.717) is 18.4 Å². The van der Waals surface area contributed by atoms with E-state index >= 15 is 0 Å². The molecule has 4 nitrogen and oxygen atoms in total. The normalized spacial score (nSPS) is 22.0. The van der Waals surface area contributed by atoms with Crippen LogP contribution in [0.2, 0.25) is 0 Å². The van der Waals surface area contributed by atoms with Gasteiger partial charge in [0.15, 0.2) is 0 Å². The average molecular weight is 290 g/mol. The van der Waals surface area contributed by atoms with E-state index in [1.54, 1.807) is 0 Å². The average Bonchev–Trinajstić information content (AvgIpc) is 2.50. The molecule has 3 N–H and O–H groups in total. The molecule has 0 spiro atoms. The highest BCUT2D eigenvalue weighted by atomic mass is 16.5. The number of para-hydroxylation sites is 1. The maximum absolute atomic E-state index is 11.9. The summed E-state index contributed by atoms with van der Waals surface area (Å²) in [6, 6.07) is 7.75. The first kappa shape index (κ1) is 16.0. The third-order valence-corrected chi connectivity index (χ3v) is 4.35. The molecule has 0 saturated heterocycles. The maximum atomic E-state index is 11.9. The lowest BCUT2D eigenvalue weighted by molar-refractivity contribution is -0.121. The summed E-state index contributed by atoms with van der Waals surface area (Å²) >= 11 is 0. The highest BCUT2D eigenvalue weighted by molar-refractivity contribution is 5.92. The van der Waals surface area contributed by atoms with Gasteiger partial charge in [0.1, 0.15) is 6.61 Å². The number of hydrogen-bond acceptors (Lipinski definition) is 3. The Morgan fingerprint density at radius 1 is 1.29 bits per heavy atom. The van der Waals surface area contributed by atoms with Crippen molar-refractivity contribution in [3.8, 4) is 0 Å². The fourth-order valence-electron chi connectivity index (χ4n) is 3.02. The third-order valence-electron chi connectivity index (χ3n) is 4.35. The number of ether oxygens (including phenoxy) is 1. The van der Waals surface area contributed by atoms with Crippen molar-refractivity contribution in [1.29, 1.82) is 0 Å². The van der Waals surface area contributed by atoms with Crippen LogP contribution in [0.25, 0.3) is 0 Å². The van der Waals surface area contributed by atoms with Crippen LogP contribution in [0, 0.1) is 18.8 Å². The van der Waals surface area contributed by atoms with E-state index in [9.17, 15) is 4.79 Å². The number of carbonyl (C=O) groups excluding carboxylic acids is 1. The summed E-state index contributed by atoms with van der Waals surface area (Å²) in [5.74, 6) is 0.970. The second kappa shape index (κ2) is 8.15. The lowest BCUT2D eigenvalue weighted by Gasteiger charge is -2.30. The quantitative estimate of drug-likeness (QED) is 0.846. The van der Waals surface area contributed by atoms with E-state index in [2.05, 4.69) is 5.32 Å². The monoisotopic (exact) mass is 290 g/mol. The van der Waals surface area contributed by atoms with Crippen molar-refractivity contribution in [2.75, 3.05) is 25.1 Å². The number of carbonyl (C=O) groups is 1. The predicted molar refractivity (Wildman–Crippen MR) is 85.1 cm³/mol. The fourth-order valence-corrected chi connectivity index (χ4v) is 3.02. The second-order valence-corrected chi connectivity index (χ2v) is 5.92. The van der Waals surface area contributed by atoms with Gasteiger partial charge in [0.2, 0.25) is 5.91 Å². The van der Waals surface area contributed by atoms with Gasteiger partial charge in [0, 0.05) is 5.69 Å². The summed E-state index contributed by atoms with van der Waals surface area (Å²) < 4.78 is 5.61. The van der Waals surface area contributed by atoms with E-state index in [1.165, 1.54) is 25.7 Å². The van der Waals surface area contributed by atoms with Crippen LogP contribution >= 0.6 is 0 Å². The van der Waals surface area contributed by atoms with Gasteiger partial charge in [-0.05, 0) is 49.8 Å². The molecule has 2 atom stereocenters. The number of aryl methyl sites for hydroxylation is 1. The Hall–Kier alpha value is -1.39. The van der Waals surface area contributed by atoms with Crippen molar-refractivity contribution >= 4 is 11.6 Å². The van der Waals surface area contributed by atoms with E-state index in [0.717, 1.165) is 17.8 Å². The van der Waals surface area contributed by atoms with Gasteiger partial charge >= 0.3 is 0 Å². The molecule has 116 valence electrons. The van der Waals surface area contributed by atoms with Gasteiger partial charge in [-0.1, -0.05) is 31.0 Å². The number of anilines is 1. The van der Waals surface area contributed by atoms with Crippen LogP contribution in [0.3, 0.4) is 0 Å². The van der Waals surface area contributed by atoms with Crippen LogP contribution in [-0.2, 0) is 9.53 Å². The number of amides is 1. The minimum absolute atomic E-state index is 0.0931. The second-order valence-electron chi connectivity index (χ2n) is 5.92. The largest absolute Gasteiger partial charge is 0.371 e. The summed E-state index contributed by atoms with van der Waals surface area (Å²) in [4.78, 5) is 11.9. The van der Waals surface area contributed by atoms with E-state index in [-0.39, 0.29) is 12.5 Å². The molecule has 1 aromatic rings. The first-order chi connectivity index (χ1) is 10.2. The molecular formula is C17H26N2O2. The van der Waals surface area contributed by atoms with Crippen molar-refractivity contribution in [2.24, 2.45) is 17.6 Å². The van der Waals surface area contributed by atoms with Crippen molar-refractivity contribution < 1.29 is 9.53 Å². The zero-order valence-electron chi connectivity index (χ0n) is 12.8. The summed E-state index contributed by atoms with van der Waals surface area (Å²) in [6.45, 7) is 3.46. The van der Waals surface area contributed by atoms with E-state index < -0.39 is 0 Å². The zero-order chi connectivity index (χ0) is 15.1. The number of nitrogens with two attached hydrogens (primary N) is 1. The van der Waals surface area contributed by atoms with Crippen molar-refractivity contribution in [3.05, 3.63) is 29.8 Å². The molecule has 4 heteroatoms. The van der Waals surface area contributed by atoms with Crippen molar-refractivity contribution in [1.82, 2.24) is 0 Å². The molecule has 0 heterocycles. The number of benzene rings is 1. The summed E-state index contributed by atoms with van der Waals surface area (Å²) in [7, 11) is 0. The van der Waals surface area contributed by atoms with E-state index in [4.69, 9.17) is 10.5 Å².